The van der Waals surface area contributed by atoms with Crippen LogP contribution in [0.4, 0.5) is 11.5 Å². The number of nitro groups is 1. The smallest absolute Gasteiger partial charge is 0.269 e. The zero-order valence-corrected chi connectivity index (χ0v) is 19.6. The van der Waals surface area contributed by atoms with Gasteiger partial charge in [0.2, 0.25) is 5.91 Å². The fourth-order valence-corrected chi connectivity index (χ4v) is 4.13. The number of carbonyl (C=O) groups excluding carboxylic acids is 1. The third-order valence-electron chi connectivity index (χ3n) is 5.86. The number of carbonyl (C=O) groups is 1. The minimum Gasteiger partial charge on any atom is -0.310 e. The summed E-state index contributed by atoms with van der Waals surface area (Å²) in [5.41, 5.74) is 2.73. The van der Waals surface area contributed by atoms with Crippen LogP contribution in [-0.4, -0.2) is 40.4 Å². The van der Waals surface area contributed by atoms with Crippen molar-refractivity contribution in [3.63, 3.8) is 0 Å². The highest BCUT2D eigenvalue weighted by atomic mass is 16.6. The SMILES string of the molecule is CCC(C(=O)Nc1cc(C)nn1-c1ncnc2c1cnn2-c1ccc([N+](=O)[O-])cc1)c1ccccc1. The highest BCUT2D eigenvalue weighted by Gasteiger charge is 2.22. The van der Waals surface area contributed by atoms with Crippen molar-refractivity contribution in [3.05, 3.63) is 94.6 Å². The van der Waals surface area contributed by atoms with Crippen molar-refractivity contribution in [2.24, 2.45) is 0 Å². The van der Waals surface area contributed by atoms with E-state index in [0.717, 1.165) is 5.56 Å². The normalized spacial score (nSPS) is 11.9. The number of hydrogen-bond acceptors (Lipinski definition) is 7. The molecule has 36 heavy (non-hydrogen) atoms. The molecule has 3 heterocycles. The van der Waals surface area contributed by atoms with Crippen LogP contribution in [0.2, 0.25) is 0 Å². The van der Waals surface area contributed by atoms with Gasteiger partial charge in [-0.25, -0.2) is 14.6 Å². The molecule has 2 aromatic carbocycles. The van der Waals surface area contributed by atoms with Crippen LogP contribution in [0.5, 0.6) is 0 Å². The van der Waals surface area contributed by atoms with Gasteiger partial charge in [-0.05, 0) is 31.0 Å². The van der Waals surface area contributed by atoms with Gasteiger partial charge in [-0.15, -0.1) is 0 Å². The van der Waals surface area contributed by atoms with Crippen molar-refractivity contribution in [2.75, 3.05) is 5.32 Å². The molecular weight excluding hydrogens is 460 g/mol. The van der Waals surface area contributed by atoms with E-state index in [0.29, 0.717) is 40.5 Å². The molecule has 0 aliphatic heterocycles. The van der Waals surface area contributed by atoms with Gasteiger partial charge in [0, 0.05) is 18.2 Å². The predicted octanol–water partition coefficient (Wildman–Crippen LogP) is 4.35. The summed E-state index contributed by atoms with van der Waals surface area (Å²) in [7, 11) is 0. The first-order valence-corrected chi connectivity index (χ1v) is 11.3. The average Bonchev–Trinajstić information content (AvgIpc) is 3.48. The fourth-order valence-electron chi connectivity index (χ4n) is 4.13. The van der Waals surface area contributed by atoms with E-state index in [-0.39, 0.29) is 17.5 Å². The number of nitrogens with one attached hydrogen (secondary N) is 1. The highest BCUT2D eigenvalue weighted by molar-refractivity contribution is 5.96. The fraction of sp³-hybridized carbons (Fsp3) is 0.160. The Morgan fingerprint density at radius 1 is 1.08 bits per heavy atom. The van der Waals surface area contributed by atoms with Crippen LogP contribution in [-0.2, 0) is 4.79 Å². The molecule has 0 spiro atoms. The second-order valence-corrected chi connectivity index (χ2v) is 8.21. The van der Waals surface area contributed by atoms with E-state index in [1.54, 1.807) is 33.8 Å². The molecule has 0 fully saturated rings. The topological polar surface area (TPSA) is 134 Å². The van der Waals surface area contributed by atoms with Crippen molar-refractivity contribution < 1.29 is 9.72 Å². The Kier molecular flexibility index (Phi) is 5.95. The van der Waals surface area contributed by atoms with E-state index in [9.17, 15) is 14.9 Å². The molecule has 0 aliphatic rings. The number of aromatic nitrogens is 6. The minimum absolute atomic E-state index is 0.0150. The van der Waals surface area contributed by atoms with Gasteiger partial charge in [0.15, 0.2) is 11.5 Å². The Hall–Kier alpha value is -4.93. The summed E-state index contributed by atoms with van der Waals surface area (Å²) >= 11 is 0. The molecule has 1 amide bonds. The molecule has 0 saturated carbocycles. The summed E-state index contributed by atoms with van der Waals surface area (Å²) in [6, 6.07) is 17.4. The predicted molar refractivity (Wildman–Crippen MR) is 133 cm³/mol. The van der Waals surface area contributed by atoms with Gasteiger partial charge < -0.3 is 5.32 Å². The lowest BCUT2D eigenvalue weighted by Gasteiger charge is -2.16. The van der Waals surface area contributed by atoms with Crippen LogP contribution in [0.3, 0.4) is 0 Å². The Bertz CT molecular complexity index is 1560. The molecule has 5 rings (SSSR count). The summed E-state index contributed by atoms with van der Waals surface area (Å²) in [4.78, 5) is 32.5. The Morgan fingerprint density at radius 3 is 2.53 bits per heavy atom. The van der Waals surface area contributed by atoms with Gasteiger partial charge in [-0.1, -0.05) is 37.3 Å². The van der Waals surface area contributed by atoms with Crippen molar-refractivity contribution in [3.8, 4) is 11.5 Å². The molecule has 0 bridgehead atoms. The molecule has 1 N–H and O–H groups in total. The zero-order chi connectivity index (χ0) is 25.2. The number of anilines is 1. The van der Waals surface area contributed by atoms with Gasteiger partial charge in [0.25, 0.3) is 5.69 Å². The van der Waals surface area contributed by atoms with Crippen LogP contribution in [0, 0.1) is 17.0 Å². The molecular formula is C25H22N8O3. The van der Waals surface area contributed by atoms with Crippen molar-refractivity contribution in [1.82, 2.24) is 29.5 Å². The number of aryl methyl sites for hydroxylation is 1. The first kappa shape index (κ1) is 22.8. The van der Waals surface area contributed by atoms with Gasteiger partial charge >= 0.3 is 0 Å². The first-order valence-electron chi connectivity index (χ1n) is 11.3. The van der Waals surface area contributed by atoms with E-state index in [1.807, 2.05) is 44.2 Å². The highest BCUT2D eigenvalue weighted by Crippen LogP contribution is 2.27. The molecule has 5 aromatic rings. The molecule has 1 unspecified atom stereocenters. The van der Waals surface area contributed by atoms with E-state index in [1.165, 1.54) is 18.5 Å². The quantitative estimate of drug-likeness (QED) is 0.269. The van der Waals surface area contributed by atoms with Crippen LogP contribution >= 0.6 is 0 Å². The number of nitro benzene ring substituents is 1. The zero-order valence-electron chi connectivity index (χ0n) is 19.6. The summed E-state index contributed by atoms with van der Waals surface area (Å²) in [5.74, 6) is 0.473. The third kappa shape index (κ3) is 4.17. The third-order valence-corrected chi connectivity index (χ3v) is 5.86. The number of amides is 1. The number of non-ortho nitro benzene ring substituents is 1. The van der Waals surface area contributed by atoms with E-state index < -0.39 is 4.92 Å². The van der Waals surface area contributed by atoms with Crippen LogP contribution < -0.4 is 5.32 Å². The Balaban J connectivity index is 1.51. The Morgan fingerprint density at radius 2 is 1.83 bits per heavy atom. The summed E-state index contributed by atoms with van der Waals surface area (Å²) in [6.45, 7) is 3.81. The summed E-state index contributed by atoms with van der Waals surface area (Å²) in [5, 5.41) is 23.6. The largest absolute Gasteiger partial charge is 0.310 e. The number of benzene rings is 2. The second kappa shape index (κ2) is 9.37. The number of nitrogens with zero attached hydrogens (tertiary/aromatic N) is 7. The number of rotatable bonds is 7. The number of fused-ring (bicyclic) bond motifs is 1. The molecule has 3 aromatic heterocycles. The molecule has 0 radical (unpaired) electrons. The van der Waals surface area contributed by atoms with Crippen molar-refractivity contribution in [2.45, 2.75) is 26.2 Å². The van der Waals surface area contributed by atoms with Crippen molar-refractivity contribution >= 4 is 28.4 Å². The average molecular weight is 483 g/mol. The maximum Gasteiger partial charge on any atom is 0.269 e. The Labute approximate surface area is 205 Å². The van der Waals surface area contributed by atoms with Gasteiger partial charge in [-0.2, -0.15) is 14.9 Å². The molecule has 1 atom stereocenters. The van der Waals surface area contributed by atoms with Crippen LogP contribution in [0.15, 0.2) is 73.2 Å². The lowest BCUT2D eigenvalue weighted by molar-refractivity contribution is -0.384. The minimum atomic E-state index is -0.456. The molecule has 11 nitrogen and oxygen atoms in total. The van der Waals surface area contributed by atoms with E-state index >= 15 is 0 Å². The molecule has 0 aliphatic carbocycles. The van der Waals surface area contributed by atoms with Gasteiger partial charge in [0.05, 0.1) is 33.8 Å². The lowest BCUT2D eigenvalue weighted by atomic mass is 9.96. The monoisotopic (exact) mass is 482 g/mol. The van der Waals surface area contributed by atoms with E-state index in [2.05, 4.69) is 25.5 Å². The van der Waals surface area contributed by atoms with Gasteiger partial charge in [0.1, 0.15) is 12.1 Å². The van der Waals surface area contributed by atoms with Crippen molar-refractivity contribution in [1.29, 1.82) is 0 Å². The maximum atomic E-state index is 13.2. The molecule has 11 heteroatoms. The standard InChI is InChI=1S/C25H22N8O3/c1-3-20(17-7-5-4-6-8-17)25(34)29-22-13-16(2)30-32(22)24-21-14-28-31(23(21)26-15-27-24)18-9-11-19(12-10-18)33(35)36/h4-15,20H,3H2,1-2H3,(H,29,34). The summed E-state index contributed by atoms with van der Waals surface area (Å²) in [6.07, 6.45) is 3.64. The lowest BCUT2D eigenvalue weighted by Crippen LogP contribution is -2.22. The first-order chi connectivity index (χ1) is 17.5. The van der Waals surface area contributed by atoms with Crippen LogP contribution in [0.1, 0.15) is 30.5 Å². The maximum absolute atomic E-state index is 13.2. The second-order valence-electron chi connectivity index (χ2n) is 8.21. The number of hydrogen-bond donors (Lipinski definition) is 1. The summed E-state index contributed by atoms with van der Waals surface area (Å²) < 4.78 is 3.14. The van der Waals surface area contributed by atoms with E-state index in [4.69, 9.17) is 0 Å². The van der Waals surface area contributed by atoms with Gasteiger partial charge in [-0.3, -0.25) is 14.9 Å². The van der Waals surface area contributed by atoms with Crippen LogP contribution in [0.25, 0.3) is 22.5 Å². The molecule has 180 valence electrons. The molecule has 0 saturated heterocycles.